The minimum Gasteiger partial charge on any atom is -0.383 e. The molecule has 0 saturated carbocycles. The molecular weight excluding hydrogens is 182 g/mol. The average Bonchev–Trinajstić information content (AvgIpc) is 2.19. The first-order chi connectivity index (χ1) is 6.70. The molecule has 74 valence electrons. The van der Waals surface area contributed by atoms with E-state index in [0.29, 0.717) is 5.69 Å². The highest BCUT2D eigenvalue weighted by molar-refractivity contribution is 5.82. The zero-order valence-electron chi connectivity index (χ0n) is 7.71. The summed E-state index contributed by atoms with van der Waals surface area (Å²) in [7, 11) is 0. The van der Waals surface area contributed by atoms with Gasteiger partial charge in [0, 0.05) is 6.20 Å². The standard InChI is InChI=1S/C9H11N3O2/c1-7(13)9(14)12-11-6-8-4-2-3-5-10-8/h2-7,13H,1H3,(H,12,14)/b11-6-/t7-/m1/s1. The highest BCUT2D eigenvalue weighted by Crippen LogP contribution is 1.87. The van der Waals surface area contributed by atoms with Crippen LogP contribution in [-0.2, 0) is 4.79 Å². The van der Waals surface area contributed by atoms with Gasteiger partial charge in [0.25, 0.3) is 5.91 Å². The van der Waals surface area contributed by atoms with E-state index in [1.165, 1.54) is 13.1 Å². The summed E-state index contributed by atoms with van der Waals surface area (Å²) in [5, 5.41) is 12.4. The van der Waals surface area contributed by atoms with Gasteiger partial charge in [-0.1, -0.05) is 6.07 Å². The Labute approximate surface area is 81.5 Å². The lowest BCUT2D eigenvalue weighted by atomic mass is 10.4. The number of aliphatic hydroxyl groups is 1. The number of hydrazone groups is 1. The van der Waals surface area contributed by atoms with Crippen LogP contribution in [0.2, 0.25) is 0 Å². The third-order valence-electron chi connectivity index (χ3n) is 1.44. The van der Waals surface area contributed by atoms with Gasteiger partial charge in [0.1, 0.15) is 6.10 Å². The lowest BCUT2D eigenvalue weighted by molar-refractivity contribution is -0.128. The molecule has 1 amide bonds. The van der Waals surface area contributed by atoms with Crippen molar-refractivity contribution in [3.63, 3.8) is 0 Å². The Balaban J connectivity index is 2.46. The van der Waals surface area contributed by atoms with Crippen molar-refractivity contribution in [3.05, 3.63) is 30.1 Å². The van der Waals surface area contributed by atoms with E-state index in [0.717, 1.165) is 0 Å². The van der Waals surface area contributed by atoms with Crippen molar-refractivity contribution in [1.82, 2.24) is 10.4 Å². The second kappa shape index (κ2) is 5.08. The molecule has 1 atom stereocenters. The molecule has 0 bridgehead atoms. The molecule has 1 heterocycles. The molecule has 1 rings (SSSR count). The molecular formula is C9H11N3O2. The predicted molar refractivity (Wildman–Crippen MR) is 51.7 cm³/mol. The fourth-order valence-corrected chi connectivity index (χ4v) is 0.708. The number of hydrogen-bond acceptors (Lipinski definition) is 4. The topological polar surface area (TPSA) is 74.6 Å². The molecule has 5 heteroatoms. The number of carbonyl (C=O) groups is 1. The zero-order chi connectivity index (χ0) is 10.4. The molecule has 14 heavy (non-hydrogen) atoms. The number of aliphatic hydroxyl groups excluding tert-OH is 1. The second-order valence-corrected chi connectivity index (χ2v) is 2.66. The first-order valence-corrected chi connectivity index (χ1v) is 4.12. The lowest BCUT2D eigenvalue weighted by Gasteiger charge is -2.00. The van der Waals surface area contributed by atoms with E-state index < -0.39 is 12.0 Å². The Kier molecular flexibility index (Phi) is 3.75. The Hall–Kier alpha value is -1.75. The summed E-state index contributed by atoms with van der Waals surface area (Å²) in [6, 6.07) is 5.34. The second-order valence-electron chi connectivity index (χ2n) is 2.66. The average molecular weight is 193 g/mol. The monoisotopic (exact) mass is 193 g/mol. The van der Waals surface area contributed by atoms with E-state index in [-0.39, 0.29) is 0 Å². The van der Waals surface area contributed by atoms with E-state index in [9.17, 15) is 4.79 Å². The molecule has 0 fully saturated rings. The van der Waals surface area contributed by atoms with Gasteiger partial charge in [-0.25, -0.2) is 5.43 Å². The van der Waals surface area contributed by atoms with E-state index in [2.05, 4.69) is 15.5 Å². The number of nitrogens with one attached hydrogen (secondary N) is 1. The van der Waals surface area contributed by atoms with Crippen LogP contribution >= 0.6 is 0 Å². The molecule has 0 unspecified atom stereocenters. The molecule has 0 aliphatic rings. The van der Waals surface area contributed by atoms with Crippen LogP contribution in [0, 0.1) is 0 Å². The third-order valence-corrected chi connectivity index (χ3v) is 1.44. The minimum atomic E-state index is -1.06. The smallest absolute Gasteiger partial charge is 0.268 e. The number of hydrogen-bond donors (Lipinski definition) is 2. The van der Waals surface area contributed by atoms with Gasteiger partial charge in [-0.15, -0.1) is 0 Å². The maximum absolute atomic E-state index is 10.8. The predicted octanol–water partition coefficient (Wildman–Crippen LogP) is -0.0875. The third kappa shape index (κ3) is 3.32. The molecule has 0 aliphatic heterocycles. The van der Waals surface area contributed by atoms with Crippen molar-refractivity contribution in [2.45, 2.75) is 13.0 Å². The number of nitrogens with zero attached hydrogens (tertiary/aromatic N) is 2. The van der Waals surface area contributed by atoms with E-state index in [1.54, 1.807) is 18.3 Å². The van der Waals surface area contributed by atoms with Crippen LogP contribution in [0.4, 0.5) is 0 Å². The number of amides is 1. The molecule has 5 nitrogen and oxygen atoms in total. The van der Waals surface area contributed by atoms with Crippen LogP contribution in [-0.4, -0.2) is 28.3 Å². The Bertz CT molecular complexity index is 322. The fourth-order valence-electron chi connectivity index (χ4n) is 0.708. The van der Waals surface area contributed by atoms with Crippen LogP contribution in [0.5, 0.6) is 0 Å². The van der Waals surface area contributed by atoms with Gasteiger partial charge in [-0.3, -0.25) is 9.78 Å². The highest BCUT2D eigenvalue weighted by atomic mass is 16.3. The molecule has 0 aliphatic carbocycles. The van der Waals surface area contributed by atoms with Crippen molar-refractivity contribution in [2.24, 2.45) is 5.10 Å². The zero-order valence-corrected chi connectivity index (χ0v) is 7.71. The van der Waals surface area contributed by atoms with Crippen LogP contribution in [0.1, 0.15) is 12.6 Å². The van der Waals surface area contributed by atoms with Crippen molar-refractivity contribution in [2.75, 3.05) is 0 Å². The Morgan fingerprint density at radius 1 is 1.71 bits per heavy atom. The Morgan fingerprint density at radius 3 is 3.07 bits per heavy atom. The summed E-state index contributed by atoms with van der Waals surface area (Å²) < 4.78 is 0. The number of rotatable bonds is 3. The molecule has 1 aromatic heterocycles. The summed E-state index contributed by atoms with van der Waals surface area (Å²) in [5.41, 5.74) is 2.81. The van der Waals surface area contributed by atoms with Gasteiger partial charge in [-0.05, 0) is 19.1 Å². The fraction of sp³-hybridized carbons (Fsp3) is 0.222. The molecule has 0 saturated heterocycles. The van der Waals surface area contributed by atoms with Crippen LogP contribution in [0.25, 0.3) is 0 Å². The number of carbonyl (C=O) groups excluding carboxylic acids is 1. The normalized spacial score (nSPS) is 12.7. The van der Waals surface area contributed by atoms with Crippen LogP contribution in [0.3, 0.4) is 0 Å². The lowest BCUT2D eigenvalue weighted by Crippen LogP contribution is -2.28. The largest absolute Gasteiger partial charge is 0.383 e. The molecule has 0 aromatic carbocycles. The summed E-state index contributed by atoms with van der Waals surface area (Å²) in [5.74, 6) is -0.544. The SMILES string of the molecule is C[C@@H](O)C(=O)N/N=C\c1ccccn1. The van der Waals surface area contributed by atoms with Crippen LogP contribution < -0.4 is 5.43 Å². The van der Waals surface area contributed by atoms with E-state index >= 15 is 0 Å². The maximum atomic E-state index is 10.8. The first-order valence-electron chi connectivity index (χ1n) is 4.12. The molecule has 1 aromatic rings. The number of pyridine rings is 1. The molecule has 0 radical (unpaired) electrons. The van der Waals surface area contributed by atoms with E-state index in [1.807, 2.05) is 6.07 Å². The minimum absolute atomic E-state index is 0.544. The van der Waals surface area contributed by atoms with Crippen molar-refractivity contribution in [1.29, 1.82) is 0 Å². The van der Waals surface area contributed by atoms with Gasteiger partial charge in [0.15, 0.2) is 0 Å². The van der Waals surface area contributed by atoms with Gasteiger partial charge < -0.3 is 5.11 Å². The highest BCUT2D eigenvalue weighted by Gasteiger charge is 2.05. The summed E-state index contributed by atoms with van der Waals surface area (Å²) >= 11 is 0. The van der Waals surface area contributed by atoms with Crippen LogP contribution in [0.15, 0.2) is 29.5 Å². The van der Waals surface area contributed by atoms with Gasteiger partial charge in [0.2, 0.25) is 0 Å². The number of aromatic nitrogens is 1. The van der Waals surface area contributed by atoms with Gasteiger partial charge in [-0.2, -0.15) is 5.10 Å². The first kappa shape index (κ1) is 10.3. The summed E-state index contributed by atoms with van der Waals surface area (Å²) in [4.78, 5) is 14.8. The van der Waals surface area contributed by atoms with Gasteiger partial charge in [0.05, 0.1) is 11.9 Å². The molecule has 0 spiro atoms. The quantitative estimate of drug-likeness (QED) is 0.520. The van der Waals surface area contributed by atoms with Crippen molar-refractivity contribution in [3.8, 4) is 0 Å². The van der Waals surface area contributed by atoms with Crippen molar-refractivity contribution < 1.29 is 9.90 Å². The maximum Gasteiger partial charge on any atom is 0.268 e. The van der Waals surface area contributed by atoms with Crippen molar-refractivity contribution >= 4 is 12.1 Å². The Morgan fingerprint density at radius 2 is 2.50 bits per heavy atom. The summed E-state index contributed by atoms with van der Waals surface area (Å²) in [6.45, 7) is 1.37. The molecule has 2 N–H and O–H groups in total. The van der Waals surface area contributed by atoms with Gasteiger partial charge >= 0.3 is 0 Å². The van der Waals surface area contributed by atoms with E-state index in [4.69, 9.17) is 5.11 Å². The summed E-state index contributed by atoms with van der Waals surface area (Å²) in [6.07, 6.45) is 1.97.